The highest BCUT2D eigenvalue weighted by Gasteiger charge is 2.35. The predicted molar refractivity (Wildman–Crippen MR) is 71.3 cm³/mol. The summed E-state index contributed by atoms with van der Waals surface area (Å²) in [6.07, 6.45) is 0.0322. The van der Waals surface area contributed by atoms with Crippen LogP contribution in [0.3, 0.4) is 0 Å². The van der Waals surface area contributed by atoms with Crippen LogP contribution in [0, 0.1) is 6.92 Å². The van der Waals surface area contributed by atoms with E-state index >= 15 is 0 Å². The largest absolute Gasteiger partial charge is 0.395 e. The third-order valence-corrected chi connectivity index (χ3v) is 3.12. The minimum atomic E-state index is -0.361. The summed E-state index contributed by atoms with van der Waals surface area (Å²) >= 11 is 0. The minimum Gasteiger partial charge on any atom is -0.395 e. The number of aliphatic hydroxyl groups is 1. The molecule has 1 aliphatic heterocycles. The van der Waals surface area contributed by atoms with Gasteiger partial charge in [0.1, 0.15) is 0 Å². The summed E-state index contributed by atoms with van der Waals surface area (Å²) in [6, 6.07) is 5.10. The van der Waals surface area contributed by atoms with Gasteiger partial charge in [-0.3, -0.25) is 19.3 Å². The number of aryl methyl sites for hydroxylation is 1. The number of amides is 3. The lowest BCUT2D eigenvalue weighted by atomic mass is 10.1. The van der Waals surface area contributed by atoms with Crippen LogP contribution < -0.4 is 5.32 Å². The molecular formula is C14H16N2O4. The summed E-state index contributed by atoms with van der Waals surface area (Å²) in [7, 11) is 0. The Morgan fingerprint density at radius 3 is 2.65 bits per heavy atom. The Hall–Kier alpha value is -2.21. The molecule has 1 aromatic rings. The van der Waals surface area contributed by atoms with Crippen LogP contribution in [0.15, 0.2) is 18.2 Å². The van der Waals surface area contributed by atoms with Crippen molar-refractivity contribution in [3.63, 3.8) is 0 Å². The zero-order valence-electron chi connectivity index (χ0n) is 11.2. The van der Waals surface area contributed by atoms with E-state index in [4.69, 9.17) is 5.11 Å². The zero-order valence-corrected chi connectivity index (χ0v) is 11.2. The highest BCUT2D eigenvalue weighted by Crippen LogP contribution is 2.23. The summed E-state index contributed by atoms with van der Waals surface area (Å²) in [5, 5.41) is 11.1. The third kappa shape index (κ3) is 2.70. The molecule has 1 aliphatic rings. The van der Waals surface area contributed by atoms with Gasteiger partial charge in [-0.1, -0.05) is 11.6 Å². The average molecular weight is 276 g/mol. The molecule has 0 aliphatic carbocycles. The molecule has 106 valence electrons. The van der Waals surface area contributed by atoms with Crippen molar-refractivity contribution in [1.82, 2.24) is 10.2 Å². The highest BCUT2D eigenvalue weighted by molar-refractivity contribution is 6.21. The van der Waals surface area contributed by atoms with Crippen molar-refractivity contribution in [2.75, 3.05) is 19.7 Å². The van der Waals surface area contributed by atoms with E-state index in [0.717, 1.165) is 10.5 Å². The Balaban J connectivity index is 2.03. The summed E-state index contributed by atoms with van der Waals surface area (Å²) in [5.74, 6) is -1.02. The van der Waals surface area contributed by atoms with Crippen LogP contribution >= 0.6 is 0 Å². The maximum Gasteiger partial charge on any atom is 0.261 e. The van der Waals surface area contributed by atoms with Gasteiger partial charge in [0.05, 0.1) is 17.7 Å². The molecule has 0 saturated carbocycles. The SMILES string of the molecule is Cc1ccc2c(c1)C(=O)N(CCC(=O)NCCO)C2=O. The Morgan fingerprint density at radius 2 is 1.95 bits per heavy atom. The molecule has 0 fully saturated rings. The normalized spacial score (nSPS) is 13.6. The van der Waals surface area contributed by atoms with Crippen molar-refractivity contribution in [2.24, 2.45) is 0 Å². The fourth-order valence-corrected chi connectivity index (χ4v) is 2.10. The molecule has 0 aromatic heterocycles. The van der Waals surface area contributed by atoms with Crippen molar-refractivity contribution in [3.8, 4) is 0 Å². The van der Waals surface area contributed by atoms with E-state index in [1.54, 1.807) is 18.2 Å². The predicted octanol–water partition coefficient (Wildman–Crippen LogP) is 0.0896. The number of nitrogens with one attached hydrogen (secondary N) is 1. The van der Waals surface area contributed by atoms with Crippen LogP contribution in [-0.2, 0) is 4.79 Å². The fourth-order valence-electron chi connectivity index (χ4n) is 2.10. The first-order valence-corrected chi connectivity index (χ1v) is 6.39. The van der Waals surface area contributed by atoms with Gasteiger partial charge in [0, 0.05) is 19.5 Å². The summed E-state index contributed by atoms with van der Waals surface area (Å²) in [6.45, 7) is 1.92. The number of hydrogen-bond acceptors (Lipinski definition) is 4. The van der Waals surface area contributed by atoms with Crippen molar-refractivity contribution in [1.29, 1.82) is 0 Å². The number of carbonyl (C=O) groups is 3. The van der Waals surface area contributed by atoms with Gasteiger partial charge in [-0.15, -0.1) is 0 Å². The molecule has 3 amide bonds. The standard InChI is InChI=1S/C14H16N2O4/c1-9-2-3-10-11(8-9)14(20)16(13(10)19)6-4-12(18)15-5-7-17/h2-3,8,17H,4-7H2,1H3,(H,15,18). The molecular weight excluding hydrogens is 260 g/mol. The van der Waals surface area contributed by atoms with Crippen molar-refractivity contribution >= 4 is 17.7 Å². The molecule has 6 heteroatoms. The van der Waals surface area contributed by atoms with E-state index < -0.39 is 0 Å². The molecule has 0 radical (unpaired) electrons. The number of imide groups is 1. The number of rotatable bonds is 5. The Morgan fingerprint density at radius 1 is 1.25 bits per heavy atom. The molecule has 0 spiro atoms. The number of fused-ring (bicyclic) bond motifs is 1. The molecule has 0 unspecified atom stereocenters. The monoisotopic (exact) mass is 276 g/mol. The van der Waals surface area contributed by atoms with Crippen LogP contribution in [0.25, 0.3) is 0 Å². The van der Waals surface area contributed by atoms with Gasteiger partial charge in [0.25, 0.3) is 11.8 Å². The van der Waals surface area contributed by atoms with Crippen LogP contribution in [0.5, 0.6) is 0 Å². The van der Waals surface area contributed by atoms with E-state index in [-0.39, 0.29) is 43.8 Å². The van der Waals surface area contributed by atoms with Gasteiger partial charge < -0.3 is 10.4 Å². The average Bonchev–Trinajstić information content (AvgIpc) is 2.66. The zero-order chi connectivity index (χ0) is 14.7. The van der Waals surface area contributed by atoms with Gasteiger partial charge >= 0.3 is 0 Å². The molecule has 1 aromatic carbocycles. The van der Waals surface area contributed by atoms with Gasteiger partial charge in [-0.25, -0.2) is 0 Å². The Kier molecular flexibility index (Phi) is 4.14. The first kappa shape index (κ1) is 14.2. The van der Waals surface area contributed by atoms with Crippen LogP contribution in [0.4, 0.5) is 0 Å². The molecule has 1 heterocycles. The maximum absolute atomic E-state index is 12.1. The first-order valence-electron chi connectivity index (χ1n) is 6.39. The highest BCUT2D eigenvalue weighted by atomic mass is 16.3. The lowest BCUT2D eigenvalue weighted by molar-refractivity contribution is -0.121. The van der Waals surface area contributed by atoms with Crippen LogP contribution in [0.1, 0.15) is 32.7 Å². The number of hydrogen-bond donors (Lipinski definition) is 2. The molecule has 0 atom stereocenters. The quantitative estimate of drug-likeness (QED) is 0.746. The van der Waals surface area contributed by atoms with E-state index in [9.17, 15) is 14.4 Å². The first-order chi connectivity index (χ1) is 9.54. The third-order valence-electron chi connectivity index (χ3n) is 3.12. The van der Waals surface area contributed by atoms with Gasteiger partial charge in [0.15, 0.2) is 0 Å². The second-order valence-electron chi connectivity index (χ2n) is 4.63. The summed E-state index contributed by atoms with van der Waals surface area (Å²) in [4.78, 5) is 36.7. The summed E-state index contributed by atoms with van der Waals surface area (Å²) in [5.41, 5.74) is 1.69. The van der Waals surface area contributed by atoms with Crippen LogP contribution in [0.2, 0.25) is 0 Å². The molecule has 0 bridgehead atoms. The second-order valence-corrected chi connectivity index (χ2v) is 4.63. The molecule has 6 nitrogen and oxygen atoms in total. The number of carbonyl (C=O) groups excluding carboxylic acids is 3. The topological polar surface area (TPSA) is 86.7 Å². The fraction of sp³-hybridized carbons (Fsp3) is 0.357. The minimum absolute atomic E-state index is 0.0322. The summed E-state index contributed by atoms with van der Waals surface area (Å²) < 4.78 is 0. The van der Waals surface area contributed by atoms with Crippen molar-refractivity contribution < 1.29 is 19.5 Å². The van der Waals surface area contributed by atoms with Crippen LogP contribution in [-0.4, -0.2) is 47.4 Å². The van der Waals surface area contributed by atoms with E-state index in [1.807, 2.05) is 6.92 Å². The number of nitrogens with zero attached hydrogens (tertiary/aromatic N) is 1. The smallest absolute Gasteiger partial charge is 0.261 e. The van der Waals surface area contributed by atoms with Gasteiger partial charge in [0.2, 0.25) is 5.91 Å². The van der Waals surface area contributed by atoms with Gasteiger partial charge in [-0.05, 0) is 19.1 Å². The molecule has 2 rings (SSSR count). The molecule has 2 N–H and O–H groups in total. The lowest BCUT2D eigenvalue weighted by Gasteiger charge is -2.13. The van der Waals surface area contributed by atoms with Crippen molar-refractivity contribution in [3.05, 3.63) is 34.9 Å². The molecule has 20 heavy (non-hydrogen) atoms. The van der Waals surface area contributed by atoms with E-state index in [1.165, 1.54) is 0 Å². The Bertz CT molecular complexity index is 568. The van der Waals surface area contributed by atoms with Crippen molar-refractivity contribution in [2.45, 2.75) is 13.3 Å². The lowest BCUT2D eigenvalue weighted by Crippen LogP contribution is -2.35. The second kappa shape index (κ2) is 5.83. The van der Waals surface area contributed by atoms with E-state index in [2.05, 4.69) is 5.32 Å². The van der Waals surface area contributed by atoms with Gasteiger partial charge in [-0.2, -0.15) is 0 Å². The number of aliphatic hydroxyl groups excluding tert-OH is 1. The maximum atomic E-state index is 12.1. The molecule has 0 saturated heterocycles. The Labute approximate surface area is 116 Å². The van der Waals surface area contributed by atoms with E-state index in [0.29, 0.717) is 11.1 Å². The number of benzene rings is 1.